The zero-order valence-corrected chi connectivity index (χ0v) is 20.7. The number of hydrogen-bond donors (Lipinski definition) is 2. The molecule has 1 spiro atoms. The number of carbonyl (C=O) groups is 2. The molecule has 0 aromatic carbocycles. The quantitative estimate of drug-likeness (QED) is 0.524. The first-order valence-electron chi connectivity index (χ1n) is 11.8. The van der Waals surface area contributed by atoms with Crippen LogP contribution >= 0.6 is 0 Å². The lowest BCUT2D eigenvalue weighted by atomic mass is 9.85. The van der Waals surface area contributed by atoms with E-state index in [2.05, 4.69) is 20.9 Å². The molecule has 2 saturated heterocycles. The van der Waals surface area contributed by atoms with E-state index in [4.69, 9.17) is 29.3 Å². The fourth-order valence-corrected chi connectivity index (χ4v) is 4.22. The molecule has 216 valence electrons. The van der Waals surface area contributed by atoms with E-state index < -0.39 is 24.3 Å². The van der Waals surface area contributed by atoms with E-state index in [1.54, 1.807) is 13.3 Å². The summed E-state index contributed by atoms with van der Waals surface area (Å²) < 4.78 is 74.8. The Bertz CT molecular complexity index is 894. The van der Waals surface area contributed by atoms with Gasteiger partial charge in [-0.15, -0.1) is 0 Å². The van der Waals surface area contributed by atoms with Crippen molar-refractivity contribution >= 4 is 11.9 Å². The van der Waals surface area contributed by atoms with Crippen molar-refractivity contribution in [3.8, 4) is 5.88 Å². The molecule has 1 aromatic rings. The van der Waals surface area contributed by atoms with E-state index in [0.717, 1.165) is 51.2 Å². The highest BCUT2D eigenvalue weighted by molar-refractivity contribution is 5.73. The van der Waals surface area contributed by atoms with E-state index in [9.17, 15) is 26.3 Å². The molecular weight excluding hydrogens is 528 g/mol. The lowest BCUT2D eigenvalue weighted by molar-refractivity contribution is -0.193. The average molecular weight is 560 g/mol. The smallest absolute Gasteiger partial charge is 0.481 e. The van der Waals surface area contributed by atoms with Gasteiger partial charge in [0.1, 0.15) is 0 Å². The number of ether oxygens (including phenoxy) is 2. The average Bonchev–Trinajstić information content (AvgIpc) is 3.66. The number of piperidine rings is 1. The van der Waals surface area contributed by atoms with Gasteiger partial charge in [0.25, 0.3) is 0 Å². The molecule has 9 nitrogen and oxygen atoms in total. The molecule has 0 bridgehead atoms. The summed E-state index contributed by atoms with van der Waals surface area (Å²) in [4.78, 5) is 27.4. The standard InChI is InChI=1S/C19H29N3O2.2C2HF3O2/c1-23-18-17(3-2-8-20-18)14-21-9-6-19(7-10-21)15-24-12-11-22(19)13-16-4-5-16;2*3-2(4,5)1(6)7/h2-3,8,16H,4-7,9-15H2,1H3;2*(H,6,7). The second-order valence-corrected chi connectivity index (χ2v) is 9.22. The number of hydrogen-bond acceptors (Lipinski definition) is 7. The first-order valence-corrected chi connectivity index (χ1v) is 11.8. The number of pyridine rings is 1. The van der Waals surface area contributed by atoms with Crippen molar-refractivity contribution in [3.05, 3.63) is 23.9 Å². The van der Waals surface area contributed by atoms with Crippen LogP contribution in [-0.4, -0.2) is 101 Å². The van der Waals surface area contributed by atoms with Gasteiger partial charge < -0.3 is 19.7 Å². The summed E-state index contributed by atoms with van der Waals surface area (Å²) in [7, 11) is 1.70. The van der Waals surface area contributed by atoms with Gasteiger partial charge in [-0.25, -0.2) is 14.6 Å². The van der Waals surface area contributed by atoms with Crippen molar-refractivity contribution in [2.75, 3.05) is 46.5 Å². The molecule has 4 rings (SSSR count). The second-order valence-electron chi connectivity index (χ2n) is 9.22. The van der Waals surface area contributed by atoms with Gasteiger partial charge >= 0.3 is 24.3 Å². The fourth-order valence-electron chi connectivity index (χ4n) is 4.22. The molecule has 3 heterocycles. The van der Waals surface area contributed by atoms with E-state index in [0.29, 0.717) is 0 Å². The number of aliphatic carboxylic acids is 2. The van der Waals surface area contributed by atoms with E-state index in [1.165, 1.54) is 37.8 Å². The van der Waals surface area contributed by atoms with Crippen LogP contribution in [0.2, 0.25) is 0 Å². The molecule has 0 radical (unpaired) electrons. The van der Waals surface area contributed by atoms with Gasteiger partial charge in [-0.1, -0.05) is 6.07 Å². The number of methoxy groups -OCH3 is 1. The largest absolute Gasteiger partial charge is 0.490 e. The minimum Gasteiger partial charge on any atom is -0.481 e. The topological polar surface area (TPSA) is 112 Å². The van der Waals surface area contributed by atoms with E-state index >= 15 is 0 Å². The number of carboxylic acid groups (broad SMARTS) is 2. The maximum Gasteiger partial charge on any atom is 0.490 e. The summed E-state index contributed by atoms with van der Waals surface area (Å²) in [6, 6.07) is 4.12. The summed E-state index contributed by atoms with van der Waals surface area (Å²) in [6.45, 7) is 7.42. The normalized spacial score (nSPS) is 20.0. The van der Waals surface area contributed by atoms with Crippen molar-refractivity contribution in [1.82, 2.24) is 14.8 Å². The summed E-state index contributed by atoms with van der Waals surface area (Å²) >= 11 is 0. The third-order valence-corrected chi connectivity index (χ3v) is 6.43. The van der Waals surface area contributed by atoms with Crippen molar-refractivity contribution in [1.29, 1.82) is 0 Å². The Hall–Kier alpha value is -2.65. The fraction of sp³-hybridized carbons (Fsp3) is 0.696. The van der Waals surface area contributed by atoms with Crippen LogP contribution in [0.4, 0.5) is 26.3 Å². The third kappa shape index (κ3) is 9.91. The lowest BCUT2D eigenvalue weighted by Crippen LogP contribution is -2.61. The van der Waals surface area contributed by atoms with Gasteiger partial charge in [-0.05, 0) is 37.7 Å². The number of aromatic nitrogens is 1. The maximum absolute atomic E-state index is 10.6. The van der Waals surface area contributed by atoms with Crippen LogP contribution < -0.4 is 4.74 Å². The number of alkyl halides is 6. The Kier molecular flexibility index (Phi) is 11.2. The highest BCUT2D eigenvalue weighted by Gasteiger charge is 2.44. The van der Waals surface area contributed by atoms with Crippen LogP contribution in [0.25, 0.3) is 0 Å². The van der Waals surface area contributed by atoms with Crippen LogP contribution in [0.15, 0.2) is 18.3 Å². The zero-order chi connectivity index (χ0) is 28.6. The van der Waals surface area contributed by atoms with Gasteiger partial charge in [-0.3, -0.25) is 9.80 Å². The molecule has 0 atom stereocenters. The predicted octanol–water partition coefficient (Wildman–Crippen LogP) is 3.43. The van der Waals surface area contributed by atoms with Crippen molar-refractivity contribution < 1.29 is 55.6 Å². The molecule has 1 aliphatic carbocycles. The third-order valence-electron chi connectivity index (χ3n) is 6.43. The molecule has 1 aromatic heterocycles. The Labute approximate surface area is 215 Å². The van der Waals surface area contributed by atoms with Crippen LogP contribution in [0.1, 0.15) is 31.2 Å². The van der Waals surface area contributed by atoms with Gasteiger partial charge in [0, 0.05) is 50.0 Å². The first-order chi connectivity index (χ1) is 17.7. The van der Waals surface area contributed by atoms with Crippen LogP contribution in [-0.2, 0) is 20.9 Å². The monoisotopic (exact) mass is 559 g/mol. The number of morpholine rings is 1. The van der Waals surface area contributed by atoms with Gasteiger partial charge in [-0.2, -0.15) is 26.3 Å². The minimum atomic E-state index is -5.08. The molecule has 0 unspecified atom stereocenters. The minimum absolute atomic E-state index is 0.288. The molecule has 38 heavy (non-hydrogen) atoms. The number of rotatable bonds is 5. The van der Waals surface area contributed by atoms with Crippen molar-refractivity contribution in [3.63, 3.8) is 0 Å². The Morgan fingerprint density at radius 3 is 2.11 bits per heavy atom. The molecule has 2 aliphatic heterocycles. The molecule has 0 amide bonds. The summed E-state index contributed by atoms with van der Waals surface area (Å²) in [6.07, 6.45) is -3.09. The van der Waals surface area contributed by atoms with Gasteiger partial charge in [0.2, 0.25) is 5.88 Å². The highest BCUT2D eigenvalue weighted by Crippen LogP contribution is 2.37. The van der Waals surface area contributed by atoms with E-state index in [1.807, 2.05) is 6.07 Å². The summed E-state index contributed by atoms with van der Waals surface area (Å²) in [5.41, 5.74) is 1.47. The molecule has 1 saturated carbocycles. The Morgan fingerprint density at radius 2 is 1.63 bits per heavy atom. The van der Waals surface area contributed by atoms with Crippen molar-refractivity contribution in [2.45, 2.75) is 50.1 Å². The SMILES string of the molecule is COc1ncccc1CN1CCC2(CC1)COCCN2CC1CC1.O=C(O)C(F)(F)F.O=C(O)C(F)(F)F. The molecule has 3 fully saturated rings. The second kappa shape index (κ2) is 13.4. The number of carboxylic acids is 2. The van der Waals surface area contributed by atoms with Crippen LogP contribution in [0, 0.1) is 5.92 Å². The number of nitrogens with zero attached hydrogens (tertiary/aromatic N) is 3. The first kappa shape index (κ1) is 31.6. The molecular formula is C23H31F6N3O6. The zero-order valence-electron chi connectivity index (χ0n) is 20.7. The van der Waals surface area contributed by atoms with Crippen LogP contribution in [0.5, 0.6) is 5.88 Å². The van der Waals surface area contributed by atoms with Gasteiger partial charge in [0.15, 0.2) is 0 Å². The summed E-state index contributed by atoms with van der Waals surface area (Å²) in [5, 5.41) is 14.2. The lowest BCUT2D eigenvalue weighted by Gasteiger charge is -2.51. The Morgan fingerprint density at radius 1 is 1.08 bits per heavy atom. The molecule has 2 N–H and O–H groups in total. The Balaban J connectivity index is 0.000000301. The molecule has 3 aliphatic rings. The van der Waals surface area contributed by atoms with Crippen molar-refractivity contribution in [2.24, 2.45) is 5.92 Å². The molecule has 15 heteroatoms. The van der Waals surface area contributed by atoms with Crippen LogP contribution in [0.3, 0.4) is 0 Å². The predicted molar refractivity (Wildman–Crippen MR) is 121 cm³/mol. The number of halogens is 6. The van der Waals surface area contributed by atoms with Gasteiger partial charge in [0.05, 0.1) is 20.3 Å². The maximum atomic E-state index is 10.6. The van der Waals surface area contributed by atoms with E-state index in [-0.39, 0.29) is 5.54 Å². The highest BCUT2D eigenvalue weighted by atomic mass is 19.4. The number of likely N-dealkylation sites (tertiary alicyclic amines) is 1. The summed E-state index contributed by atoms with van der Waals surface area (Å²) in [5.74, 6) is -3.80.